The maximum absolute atomic E-state index is 12.7. The number of halogens is 1. The molecule has 0 aliphatic carbocycles. The van der Waals surface area contributed by atoms with Gasteiger partial charge >= 0.3 is 0 Å². The number of anilines is 1. The van der Waals surface area contributed by atoms with Crippen LogP contribution < -0.4 is 10.2 Å². The third-order valence-corrected chi connectivity index (χ3v) is 6.38. The van der Waals surface area contributed by atoms with Gasteiger partial charge in [-0.05, 0) is 62.2 Å². The van der Waals surface area contributed by atoms with E-state index >= 15 is 0 Å². The van der Waals surface area contributed by atoms with Crippen molar-refractivity contribution in [2.24, 2.45) is 0 Å². The fourth-order valence-corrected chi connectivity index (χ4v) is 4.55. The van der Waals surface area contributed by atoms with Crippen molar-refractivity contribution in [3.05, 3.63) is 65.2 Å². The highest BCUT2D eigenvalue weighted by Crippen LogP contribution is 2.36. The predicted octanol–water partition coefficient (Wildman–Crippen LogP) is 3.73. The van der Waals surface area contributed by atoms with Gasteiger partial charge < -0.3 is 15.1 Å². The Bertz CT molecular complexity index is 861. The van der Waals surface area contributed by atoms with Gasteiger partial charge in [0.25, 0.3) is 0 Å². The van der Waals surface area contributed by atoms with Crippen LogP contribution in [-0.2, 0) is 4.79 Å². The van der Waals surface area contributed by atoms with Gasteiger partial charge in [0, 0.05) is 35.8 Å². The molecule has 2 fully saturated rings. The van der Waals surface area contributed by atoms with Gasteiger partial charge in [0.15, 0.2) is 5.78 Å². The maximum atomic E-state index is 12.7. The van der Waals surface area contributed by atoms with E-state index in [2.05, 4.69) is 27.2 Å². The Labute approximate surface area is 176 Å². The normalized spacial score (nSPS) is 18.8. The van der Waals surface area contributed by atoms with Gasteiger partial charge in [-0.25, -0.2) is 0 Å². The van der Waals surface area contributed by atoms with Crippen molar-refractivity contribution in [2.45, 2.75) is 31.2 Å². The molecule has 4 rings (SSSR count). The second-order valence-corrected chi connectivity index (χ2v) is 8.27. The number of rotatable bonds is 6. The number of piperidine rings is 1. The minimum absolute atomic E-state index is 0.138. The maximum Gasteiger partial charge on any atom is 0.247 e. The third kappa shape index (κ3) is 4.16. The van der Waals surface area contributed by atoms with Crippen LogP contribution in [-0.4, -0.2) is 48.4 Å². The number of nitrogens with zero attached hydrogens (tertiary/aromatic N) is 2. The average molecular weight is 412 g/mol. The number of likely N-dealkylation sites (tertiary alicyclic amines) is 1. The monoisotopic (exact) mass is 411 g/mol. The molecule has 2 heterocycles. The second kappa shape index (κ2) is 8.56. The van der Waals surface area contributed by atoms with Crippen molar-refractivity contribution in [1.29, 1.82) is 0 Å². The molecule has 0 saturated carbocycles. The molecule has 2 aliphatic rings. The second-order valence-electron chi connectivity index (χ2n) is 7.83. The molecule has 2 aromatic carbocycles. The number of benzene rings is 2. The van der Waals surface area contributed by atoms with Crippen molar-refractivity contribution in [3.63, 3.8) is 0 Å². The molecule has 6 heteroatoms. The van der Waals surface area contributed by atoms with E-state index in [1.807, 2.05) is 18.2 Å². The van der Waals surface area contributed by atoms with E-state index < -0.39 is 5.54 Å². The van der Waals surface area contributed by atoms with Crippen LogP contribution in [0.1, 0.15) is 36.0 Å². The summed E-state index contributed by atoms with van der Waals surface area (Å²) in [6.07, 6.45) is 2.96. The highest BCUT2D eigenvalue weighted by atomic mass is 35.5. The number of nitrogens with one attached hydrogen (secondary N) is 1. The lowest BCUT2D eigenvalue weighted by molar-refractivity contribution is -0.125. The zero-order valence-electron chi connectivity index (χ0n) is 16.4. The minimum atomic E-state index is -0.447. The van der Waals surface area contributed by atoms with Crippen LogP contribution >= 0.6 is 11.6 Å². The molecule has 0 atom stereocenters. The van der Waals surface area contributed by atoms with E-state index in [0.29, 0.717) is 23.7 Å². The number of carbonyl (C=O) groups is 2. The van der Waals surface area contributed by atoms with Crippen molar-refractivity contribution >= 4 is 29.0 Å². The van der Waals surface area contributed by atoms with Crippen LogP contribution in [0.4, 0.5) is 5.69 Å². The van der Waals surface area contributed by atoms with Crippen LogP contribution in [0.15, 0.2) is 54.6 Å². The number of hydrogen-bond donors (Lipinski definition) is 1. The molecule has 2 aliphatic heterocycles. The van der Waals surface area contributed by atoms with Gasteiger partial charge in [0.05, 0.1) is 6.67 Å². The standard InChI is InChI=1S/C23H26ClN3O2/c24-19-10-8-18(9-11-19)21(28)7-4-14-26-15-12-23(13-16-26)22(29)25-17-27(23)20-5-2-1-3-6-20/h1-3,5-6,8-11H,4,7,12-17H2,(H,25,29). The zero-order chi connectivity index (χ0) is 20.3. The smallest absolute Gasteiger partial charge is 0.247 e. The molecule has 29 heavy (non-hydrogen) atoms. The van der Waals surface area contributed by atoms with Gasteiger partial charge in [-0.15, -0.1) is 0 Å². The number of Topliss-reactive ketones (excluding diaryl/α,β-unsaturated/α-hetero) is 1. The minimum Gasteiger partial charge on any atom is -0.339 e. The molecule has 0 aromatic heterocycles. The fourth-order valence-electron chi connectivity index (χ4n) is 4.42. The first-order valence-electron chi connectivity index (χ1n) is 10.2. The summed E-state index contributed by atoms with van der Waals surface area (Å²) in [6.45, 7) is 3.18. The van der Waals surface area contributed by atoms with E-state index in [1.54, 1.807) is 24.3 Å². The Morgan fingerprint density at radius 2 is 1.72 bits per heavy atom. The summed E-state index contributed by atoms with van der Waals surface area (Å²) in [6, 6.07) is 17.2. The number of amides is 1. The summed E-state index contributed by atoms with van der Waals surface area (Å²) in [5.74, 6) is 0.291. The lowest BCUT2D eigenvalue weighted by Gasteiger charge is -2.43. The van der Waals surface area contributed by atoms with Crippen LogP contribution in [0, 0.1) is 0 Å². The quantitative estimate of drug-likeness (QED) is 0.736. The summed E-state index contributed by atoms with van der Waals surface area (Å²) in [5, 5.41) is 3.68. The average Bonchev–Trinajstić information content (AvgIpc) is 3.06. The Balaban J connectivity index is 1.30. The van der Waals surface area contributed by atoms with Crippen molar-refractivity contribution in [3.8, 4) is 0 Å². The number of para-hydroxylation sites is 1. The summed E-state index contributed by atoms with van der Waals surface area (Å²) < 4.78 is 0. The predicted molar refractivity (Wildman–Crippen MR) is 115 cm³/mol. The Hall–Kier alpha value is -2.37. The topological polar surface area (TPSA) is 52.7 Å². The highest BCUT2D eigenvalue weighted by Gasteiger charge is 2.50. The summed E-state index contributed by atoms with van der Waals surface area (Å²) in [4.78, 5) is 29.6. The van der Waals surface area contributed by atoms with Crippen LogP contribution in [0.3, 0.4) is 0 Å². The van der Waals surface area contributed by atoms with E-state index in [-0.39, 0.29) is 11.7 Å². The van der Waals surface area contributed by atoms with E-state index in [9.17, 15) is 9.59 Å². The van der Waals surface area contributed by atoms with E-state index in [4.69, 9.17) is 11.6 Å². The summed E-state index contributed by atoms with van der Waals surface area (Å²) in [5.41, 5.74) is 1.36. The van der Waals surface area contributed by atoms with Gasteiger partial charge in [-0.3, -0.25) is 9.59 Å². The molecule has 152 valence electrons. The van der Waals surface area contributed by atoms with Crippen LogP contribution in [0.2, 0.25) is 5.02 Å². The highest BCUT2D eigenvalue weighted by molar-refractivity contribution is 6.30. The summed E-state index contributed by atoms with van der Waals surface area (Å²) >= 11 is 5.88. The Morgan fingerprint density at radius 3 is 2.41 bits per heavy atom. The van der Waals surface area contributed by atoms with Crippen LogP contribution in [0.25, 0.3) is 0 Å². The first-order valence-corrected chi connectivity index (χ1v) is 10.6. The van der Waals surface area contributed by atoms with E-state index in [1.165, 1.54) is 0 Å². The van der Waals surface area contributed by atoms with Gasteiger partial charge in [0.2, 0.25) is 5.91 Å². The van der Waals surface area contributed by atoms with Gasteiger partial charge in [-0.2, -0.15) is 0 Å². The number of carbonyl (C=O) groups excluding carboxylic acids is 2. The lowest BCUT2D eigenvalue weighted by Crippen LogP contribution is -2.56. The first kappa shape index (κ1) is 19.9. The molecule has 2 saturated heterocycles. The van der Waals surface area contributed by atoms with E-state index in [0.717, 1.165) is 44.6 Å². The molecule has 2 aromatic rings. The molecule has 5 nitrogen and oxygen atoms in total. The molecule has 0 bridgehead atoms. The van der Waals surface area contributed by atoms with Gasteiger partial charge in [-0.1, -0.05) is 29.8 Å². The summed E-state index contributed by atoms with van der Waals surface area (Å²) in [7, 11) is 0. The van der Waals surface area contributed by atoms with Crippen LogP contribution in [0.5, 0.6) is 0 Å². The molecule has 1 N–H and O–H groups in total. The SMILES string of the molecule is O=C(CCCN1CCC2(CC1)C(=O)NCN2c1ccccc1)c1ccc(Cl)cc1. The number of hydrogen-bond acceptors (Lipinski definition) is 4. The Morgan fingerprint density at radius 1 is 1.03 bits per heavy atom. The molecule has 0 unspecified atom stereocenters. The molecule has 1 spiro atoms. The molecular formula is C23H26ClN3O2. The van der Waals surface area contributed by atoms with Crippen molar-refractivity contribution in [2.75, 3.05) is 31.2 Å². The first-order chi connectivity index (χ1) is 14.1. The van der Waals surface area contributed by atoms with Gasteiger partial charge in [0.1, 0.15) is 5.54 Å². The number of ketones is 1. The lowest BCUT2D eigenvalue weighted by atomic mass is 9.85. The van der Waals surface area contributed by atoms with Crippen molar-refractivity contribution in [1.82, 2.24) is 10.2 Å². The Kier molecular flexibility index (Phi) is 5.88. The zero-order valence-corrected chi connectivity index (χ0v) is 17.2. The fraction of sp³-hybridized carbons (Fsp3) is 0.391. The molecular weight excluding hydrogens is 386 g/mol. The van der Waals surface area contributed by atoms with Crippen molar-refractivity contribution < 1.29 is 9.59 Å². The molecule has 1 amide bonds. The largest absolute Gasteiger partial charge is 0.339 e. The third-order valence-electron chi connectivity index (χ3n) is 6.13. The molecule has 0 radical (unpaired) electrons.